The Kier molecular flexibility index (Phi) is 4.64. The van der Waals surface area contributed by atoms with Crippen LogP contribution in [0.3, 0.4) is 0 Å². The van der Waals surface area contributed by atoms with Crippen LogP contribution in [0.2, 0.25) is 5.02 Å². The van der Waals surface area contributed by atoms with Crippen LogP contribution < -0.4 is 9.47 Å². The number of hydrogen-bond acceptors (Lipinski definition) is 3. The number of esters is 1. The molecule has 104 valence electrons. The SMILES string of the molecule is Cc1cc(Cl)ccc1OCC(=O)Oc1ccccc1C. The fourth-order valence-electron chi connectivity index (χ4n) is 1.73. The maximum Gasteiger partial charge on any atom is 0.349 e. The van der Waals surface area contributed by atoms with E-state index in [4.69, 9.17) is 21.1 Å². The Balaban J connectivity index is 1.94. The second kappa shape index (κ2) is 6.44. The van der Waals surface area contributed by atoms with Gasteiger partial charge < -0.3 is 9.47 Å². The van der Waals surface area contributed by atoms with Crippen LogP contribution in [0.4, 0.5) is 0 Å². The summed E-state index contributed by atoms with van der Waals surface area (Å²) in [7, 11) is 0. The lowest BCUT2D eigenvalue weighted by Gasteiger charge is -2.10. The predicted octanol–water partition coefficient (Wildman–Crippen LogP) is 3.94. The predicted molar refractivity (Wildman–Crippen MR) is 78.5 cm³/mol. The van der Waals surface area contributed by atoms with Gasteiger partial charge >= 0.3 is 5.97 Å². The number of hydrogen-bond donors (Lipinski definition) is 0. The molecule has 0 unspecified atom stereocenters. The van der Waals surface area contributed by atoms with Crippen LogP contribution in [0, 0.1) is 13.8 Å². The third-order valence-electron chi connectivity index (χ3n) is 2.80. The normalized spacial score (nSPS) is 10.2. The van der Waals surface area contributed by atoms with Gasteiger partial charge in [0.2, 0.25) is 0 Å². The van der Waals surface area contributed by atoms with Crippen molar-refractivity contribution in [2.45, 2.75) is 13.8 Å². The molecule has 0 atom stereocenters. The first kappa shape index (κ1) is 14.4. The average Bonchev–Trinajstić information content (AvgIpc) is 2.40. The van der Waals surface area contributed by atoms with Gasteiger partial charge in [0.05, 0.1) is 0 Å². The largest absolute Gasteiger partial charge is 0.482 e. The van der Waals surface area contributed by atoms with Gasteiger partial charge in [0.1, 0.15) is 11.5 Å². The molecule has 2 aromatic rings. The lowest BCUT2D eigenvalue weighted by molar-refractivity contribution is -0.136. The number of aryl methyl sites for hydroxylation is 2. The van der Waals surface area contributed by atoms with E-state index in [2.05, 4.69) is 0 Å². The fourth-order valence-corrected chi connectivity index (χ4v) is 1.96. The van der Waals surface area contributed by atoms with E-state index in [1.165, 1.54) is 0 Å². The molecule has 0 aromatic heterocycles. The van der Waals surface area contributed by atoms with Crippen molar-refractivity contribution in [1.29, 1.82) is 0 Å². The number of rotatable bonds is 4. The maximum absolute atomic E-state index is 11.7. The minimum absolute atomic E-state index is 0.142. The minimum Gasteiger partial charge on any atom is -0.482 e. The molecule has 0 heterocycles. The number of carbonyl (C=O) groups is 1. The van der Waals surface area contributed by atoms with Gasteiger partial charge in [0, 0.05) is 5.02 Å². The summed E-state index contributed by atoms with van der Waals surface area (Å²) in [6, 6.07) is 12.6. The number of para-hydroxylation sites is 1. The first-order valence-corrected chi connectivity index (χ1v) is 6.59. The van der Waals surface area contributed by atoms with Crippen LogP contribution in [0.25, 0.3) is 0 Å². The third-order valence-corrected chi connectivity index (χ3v) is 3.03. The first-order chi connectivity index (χ1) is 9.56. The van der Waals surface area contributed by atoms with Crippen molar-refractivity contribution in [2.24, 2.45) is 0 Å². The van der Waals surface area contributed by atoms with Gasteiger partial charge in [-0.25, -0.2) is 4.79 Å². The Labute approximate surface area is 123 Å². The summed E-state index contributed by atoms with van der Waals surface area (Å²) >= 11 is 5.86. The second-order valence-corrected chi connectivity index (χ2v) is 4.87. The van der Waals surface area contributed by atoms with E-state index < -0.39 is 5.97 Å². The number of ether oxygens (including phenoxy) is 2. The van der Waals surface area contributed by atoms with Gasteiger partial charge in [-0.1, -0.05) is 29.8 Å². The zero-order chi connectivity index (χ0) is 14.5. The summed E-state index contributed by atoms with van der Waals surface area (Å²) in [4.78, 5) is 11.7. The van der Waals surface area contributed by atoms with Crippen LogP contribution in [-0.4, -0.2) is 12.6 Å². The lowest BCUT2D eigenvalue weighted by Crippen LogP contribution is -2.18. The van der Waals surface area contributed by atoms with Crippen LogP contribution in [-0.2, 0) is 4.79 Å². The summed E-state index contributed by atoms with van der Waals surface area (Å²) in [5.41, 5.74) is 1.78. The number of carbonyl (C=O) groups excluding carboxylic acids is 1. The van der Waals surface area contributed by atoms with Crippen LogP contribution in [0.1, 0.15) is 11.1 Å². The van der Waals surface area contributed by atoms with Crippen molar-refractivity contribution in [1.82, 2.24) is 0 Å². The van der Waals surface area contributed by atoms with E-state index >= 15 is 0 Å². The lowest BCUT2D eigenvalue weighted by atomic mass is 10.2. The van der Waals surface area contributed by atoms with Gasteiger partial charge in [0.25, 0.3) is 0 Å². The molecule has 2 aromatic carbocycles. The standard InChI is InChI=1S/C16H15ClO3/c1-11-5-3-4-6-15(11)20-16(18)10-19-14-8-7-13(17)9-12(14)2/h3-9H,10H2,1-2H3. The van der Waals surface area contributed by atoms with E-state index in [0.29, 0.717) is 16.5 Å². The zero-order valence-corrected chi connectivity index (χ0v) is 12.1. The molecule has 0 spiro atoms. The molecule has 0 saturated carbocycles. The van der Waals surface area contributed by atoms with E-state index in [1.807, 2.05) is 32.0 Å². The highest BCUT2D eigenvalue weighted by atomic mass is 35.5. The van der Waals surface area contributed by atoms with Gasteiger partial charge in [-0.05, 0) is 49.2 Å². The highest BCUT2D eigenvalue weighted by Crippen LogP contribution is 2.22. The summed E-state index contributed by atoms with van der Waals surface area (Å²) in [5.74, 6) is 0.735. The summed E-state index contributed by atoms with van der Waals surface area (Å²) in [6.07, 6.45) is 0. The van der Waals surface area contributed by atoms with E-state index in [9.17, 15) is 4.79 Å². The second-order valence-electron chi connectivity index (χ2n) is 4.44. The van der Waals surface area contributed by atoms with Crippen LogP contribution in [0.5, 0.6) is 11.5 Å². The Morgan fingerprint density at radius 3 is 2.50 bits per heavy atom. The van der Waals surface area contributed by atoms with E-state index in [1.54, 1.807) is 24.3 Å². The van der Waals surface area contributed by atoms with Crippen molar-refractivity contribution in [2.75, 3.05) is 6.61 Å². The first-order valence-electron chi connectivity index (χ1n) is 6.21. The molecule has 0 aliphatic rings. The number of benzene rings is 2. The minimum atomic E-state index is -0.436. The topological polar surface area (TPSA) is 35.5 Å². The Bertz CT molecular complexity index is 623. The molecule has 0 N–H and O–H groups in total. The number of halogens is 1. The van der Waals surface area contributed by atoms with Gasteiger partial charge in [-0.15, -0.1) is 0 Å². The molecular weight excluding hydrogens is 276 g/mol. The van der Waals surface area contributed by atoms with Crippen molar-refractivity contribution < 1.29 is 14.3 Å². The molecular formula is C16H15ClO3. The molecule has 20 heavy (non-hydrogen) atoms. The molecule has 0 saturated heterocycles. The third kappa shape index (κ3) is 3.75. The molecule has 0 amide bonds. The van der Waals surface area contributed by atoms with Crippen molar-refractivity contribution in [3.63, 3.8) is 0 Å². The Hall–Kier alpha value is -2.00. The van der Waals surface area contributed by atoms with Gasteiger partial charge in [0.15, 0.2) is 6.61 Å². The molecule has 0 bridgehead atoms. The molecule has 0 aliphatic carbocycles. The van der Waals surface area contributed by atoms with E-state index in [-0.39, 0.29) is 6.61 Å². The monoisotopic (exact) mass is 290 g/mol. The Morgan fingerprint density at radius 1 is 1.05 bits per heavy atom. The molecule has 2 rings (SSSR count). The van der Waals surface area contributed by atoms with Crippen molar-refractivity contribution in [3.05, 3.63) is 58.6 Å². The Morgan fingerprint density at radius 2 is 1.80 bits per heavy atom. The summed E-state index contributed by atoms with van der Waals surface area (Å²) < 4.78 is 10.7. The molecule has 4 heteroatoms. The molecule has 0 radical (unpaired) electrons. The molecule has 0 fully saturated rings. The molecule has 3 nitrogen and oxygen atoms in total. The van der Waals surface area contributed by atoms with Gasteiger partial charge in [-0.3, -0.25) is 0 Å². The van der Waals surface area contributed by atoms with Gasteiger partial charge in [-0.2, -0.15) is 0 Å². The van der Waals surface area contributed by atoms with E-state index in [0.717, 1.165) is 11.1 Å². The fraction of sp³-hybridized carbons (Fsp3) is 0.188. The smallest absolute Gasteiger partial charge is 0.349 e. The highest BCUT2D eigenvalue weighted by Gasteiger charge is 2.09. The average molecular weight is 291 g/mol. The van der Waals surface area contributed by atoms with Crippen molar-refractivity contribution >= 4 is 17.6 Å². The maximum atomic E-state index is 11.7. The van der Waals surface area contributed by atoms with Crippen LogP contribution >= 0.6 is 11.6 Å². The highest BCUT2D eigenvalue weighted by molar-refractivity contribution is 6.30. The molecule has 0 aliphatic heterocycles. The quantitative estimate of drug-likeness (QED) is 0.632. The zero-order valence-electron chi connectivity index (χ0n) is 11.4. The summed E-state index contributed by atoms with van der Waals surface area (Å²) in [6.45, 7) is 3.61. The van der Waals surface area contributed by atoms with Crippen molar-refractivity contribution in [3.8, 4) is 11.5 Å². The summed E-state index contributed by atoms with van der Waals surface area (Å²) in [5, 5.41) is 0.636. The van der Waals surface area contributed by atoms with Crippen LogP contribution in [0.15, 0.2) is 42.5 Å².